The Labute approximate surface area is 140 Å². The second-order valence-corrected chi connectivity index (χ2v) is 6.65. The lowest BCUT2D eigenvalue weighted by atomic mass is 10.1. The van der Waals surface area contributed by atoms with Gasteiger partial charge in [-0.3, -0.25) is 4.79 Å². The highest BCUT2D eigenvalue weighted by Crippen LogP contribution is 2.47. The molecular formula is C17H13BrFN3O. The number of nitrogens with zero attached hydrogens (tertiary/aromatic N) is 2. The van der Waals surface area contributed by atoms with Crippen molar-refractivity contribution in [2.45, 2.75) is 12.3 Å². The van der Waals surface area contributed by atoms with Crippen LogP contribution < -0.4 is 5.32 Å². The van der Waals surface area contributed by atoms with Gasteiger partial charge in [-0.1, -0.05) is 12.1 Å². The van der Waals surface area contributed by atoms with Crippen molar-refractivity contribution in [3.8, 4) is 0 Å². The van der Waals surface area contributed by atoms with Crippen LogP contribution in [0.4, 0.5) is 10.2 Å². The summed E-state index contributed by atoms with van der Waals surface area (Å²) in [5, 5.41) is 7.20. The fourth-order valence-electron chi connectivity index (χ4n) is 2.80. The molecule has 23 heavy (non-hydrogen) atoms. The van der Waals surface area contributed by atoms with E-state index in [0.717, 1.165) is 22.0 Å². The van der Waals surface area contributed by atoms with Crippen molar-refractivity contribution in [1.82, 2.24) is 9.61 Å². The molecule has 4 nitrogen and oxygen atoms in total. The molecule has 0 radical (unpaired) electrons. The highest BCUT2D eigenvalue weighted by molar-refractivity contribution is 9.10. The number of carbonyl (C=O) groups is 1. The van der Waals surface area contributed by atoms with Crippen LogP contribution >= 0.6 is 15.9 Å². The van der Waals surface area contributed by atoms with Crippen molar-refractivity contribution in [2.24, 2.45) is 5.92 Å². The number of aromatic nitrogens is 2. The number of rotatable bonds is 3. The van der Waals surface area contributed by atoms with Crippen LogP contribution in [0.2, 0.25) is 0 Å². The molecule has 0 aliphatic heterocycles. The SMILES string of the molecule is O=C(Nc1cc2ccc(Br)cn2n1)[C@H]1C[C@H]1c1ccc(F)cc1. The number of halogens is 2. The van der Waals surface area contributed by atoms with Gasteiger partial charge in [-0.05, 0) is 58.1 Å². The van der Waals surface area contributed by atoms with Gasteiger partial charge < -0.3 is 5.32 Å². The lowest BCUT2D eigenvalue weighted by molar-refractivity contribution is -0.117. The third-order valence-electron chi connectivity index (χ3n) is 4.10. The highest BCUT2D eigenvalue weighted by atomic mass is 79.9. The molecule has 4 rings (SSSR count). The Morgan fingerprint density at radius 1 is 1.26 bits per heavy atom. The number of benzene rings is 1. The van der Waals surface area contributed by atoms with Crippen LogP contribution in [0.1, 0.15) is 17.9 Å². The van der Waals surface area contributed by atoms with Crippen LogP contribution in [0.5, 0.6) is 0 Å². The van der Waals surface area contributed by atoms with E-state index in [2.05, 4.69) is 26.3 Å². The zero-order chi connectivity index (χ0) is 16.0. The molecule has 1 amide bonds. The number of pyridine rings is 1. The number of amides is 1. The predicted octanol–water partition coefficient (Wildman–Crippen LogP) is 3.98. The van der Waals surface area contributed by atoms with Gasteiger partial charge in [0.25, 0.3) is 0 Å². The lowest BCUT2D eigenvalue weighted by Gasteiger charge is -2.02. The van der Waals surface area contributed by atoms with Crippen molar-refractivity contribution in [1.29, 1.82) is 0 Å². The fraction of sp³-hybridized carbons (Fsp3) is 0.176. The molecule has 2 heterocycles. The Kier molecular flexibility index (Phi) is 3.41. The van der Waals surface area contributed by atoms with Gasteiger partial charge in [0.2, 0.25) is 5.91 Å². The minimum absolute atomic E-state index is 0.0400. The first-order valence-corrected chi connectivity index (χ1v) is 8.11. The molecule has 0 saturated heterocycles. The number of anilines is 1. The van der Waals surface area contributed by atoms with Gasteiger partial charge in [-0.25, -0.2) is 8.91 Å². The number of hydrogen-bond donors (Lipinski definition) is 1. The topological polar surface area (TPSA) is 46.4 Å². The molecule has 1 saturated carbocycles. The van der Waals surface area contributed by atoms with E-state index < -0.39 is 0 Å². The van der Waals surface area contributed by atoms with Crippen molar-refractivity contribution in [3.63, 3.8) is 0 Å². The number of hydrogen-bond acceptors (Lipinski definition) is 2. The summed E-state index contributed by atoms with van der Waals surface area (Å²) in [6.07, 6.45) is 2.62. The van der Waals surface area contributed by atoms with E-state index in [4.69, 9.17) is 0 Å². The minimum Gasteiger partial charge on any atom is -0.309 e. The zero-order valence-corrected chi connectivity index (χ0v) is 13.6. The Hall–Kier alpha value is -2.21. The Balaban J connectivity index is 1.46. The standard InChI is InChI=1S/C17H13BrFN3O/c18-11-3-6-13-7-16(21-22(13)9-11)20-17(23)15-8-14(15)10-1-4-12(19)5-2-10/h1-7,9,14-15H,8H2,(H,20,21,23)/t14-,15-/m0/s1. The van der Waals surface area contributed by atoms with Gasteiger partial charge in [0.1, 0.15) is 5.82 Å². The van der Waals surface area contributed by atoms with Crippen LogP contribution in [-0.4, -0.2) is 15.5 Å². The minimum atomic E-state index is -0.258. The number of carbonyl (C=O) groups excluding carboxylic acids is 1. The summed E-state index contributed by atoms with van der Waals surface area (Å²) in [6, 6.07) is 12.0. The predicted molar refractivity (Wildman–Crippen MR) is 88.8 cm³/mol. The molecule has 0 spiro atoms. The zero-order valence-electron chi connectivity index (χ0n) is 12.0. The summed E-state index contributed by atoms with van der Waals surface area (Å²) in [4.78, 5) is 12.3. The first-order valence-electron chi connectivity index (χ1n) is 7.31. The molecule has 1 aliphatic rings. The normalized spacial score (nSPS) is 19.7. The maximum absolute atomic E-state index is 13.0. The van der Waals surface area contributed by atoms with E-state index in [-0.39, 0.29) is 23.6 Å². The Morgan fingerprint density at radius 2 is 2.04 bits per heavy atom. The van der Waals surface area contributed by atoms with Gasteiger partial charge in [-0.2, -0.15) is 0 Å². The third-order valence-corrected chi connectivity index (χ3v) is 4.57. The van der Waals surface area contributed by atoms with E-state index in [1.54, 1.807) is 16.6 Å². The van der Waals surface area contributed by atoms with Gasteiger partial charge >= 0.3 is 0 Å². The average molecular weight is 374 g/mol. The maximum Gasteiger partial charge on any atom is 0.229 e. The lowest BCUT2D eigenvalue weighted by Crippen LogP contribution is -2.15. The molecule has 0 unspecified atom stereocenters. The van der Waals surface area contributed by atoms with Gasteiger partial charge in [-0.15, -0.1) is 5.10 Å². The highest BCUT2D eigenvalue weighted by Gasteiger charge is 2.44. The molecule has 116 valence electrons. The number of fused-ring (bicyclic) bond motifs is 1. The van der Waals surface area contributed by atoms with Crippen LogP contribution in [0.25, 0.3) is 5.52 Å². The first kappa shape index (κ1) is 14.4. The molecule has 0 bridgehead atoms. The average Bonchev–Trinajstić information content (AvgIpc) is 3.23. The quantitative estimate of drug-likeness (QED) is 0.754. The van der Waals surface area contributed by atoms with Crippen LogP contribution in [0, 0.1) is 11.7 Å². The molecule has 1 fully saturated rings. The van der Waals surface area contributed by atoms with Gasteiger partial charge in [0, 0.05) is 22.7 Å². The summed E-state index contributed by atoms with van der Waals surface area (Å²) in [6.45, 7) is 0. The molecule has 3 aromatic rings. The third kappa shape index (κ3) is 2.86. The van der Waals surface area contributed by atoms with Gasteiger partial charge in [0.05, 0.1) is 5.52 Å². The summed E-state index contributed by atoms with van der Waals surface area (Å²) in [5.41, 5.74) is 1.92. The second-order valence-electron chi connectivity index (χ2n) is 5.74. The summed E-state index contributed by atoms with van der Waals surface area (Å²) in [7, 11) is 0. The van der Waals surface area contributed by atoms with E-state index >= 15 is 0 Å². The molecule has 1 aliphatic carbocycles. The van der Waals surface area contributed by atoms with Crippen molar-refractivity contribution < 1.29 is 9.18 Å². The summed E-state index contributed by atoms with van der Waals surface area (Å²) < 4.78 is 15.6. The number of nitrogens with one attached hydrogen (secondary N) is 1. The van der Waals surface area contributed by atoms with Crippen molar-refractivity contribution >= 4 is 33.2 Å². The van der Waals surface area contributed by atoms with E-state index in [1.165, 1.54) is 12.1 Å². The Bertz CT molecular complexity index is 890. The largest absolute Gasteiger partial charge is 0.309 e. The van der Waals surface area contributed by atoms with Crippen LogP contribution in [0.3, 0.4) is 0 Å². The van der Waals surface area contributed by atoms with Crippen LogP contribution in [0.15, 0.2) is 53.1 Å². The first-order chi connectivity index (χ1) is 11.1. The van der Waals surface area contributed by atoms with E-state index in [9.17, 15) is 9.18 Å². The van der Waals surface area contributed by atoms with E-state index in [0.29, 0.717) is 5.82 Å². The van der Waals surface area contributed by atoms with Crippen molar-refractivity contribution in [3.05, 3.63) is 64.5 Å². The molecule has 6 heteroatoms. The smallest absolute Gasteiger partial charge is 0.229 e. The molecular weight excluding hydrogens is 361 g/mol. The fourth-order valence-corrected chi connectivity index (χ4v) is 3.13. The molecule has 1 N–H and O–H groups in total. The Morgan fingerprint density at radius 3 is 2.83 bits per heavy atom. The van der Waals surface area contributed by atoms with Gasteiger partial charge in [0.15, 0.2) is 5.82 Å². The molecule has 2 atom stereocenters. The van der Waals surface area contributed by atoms with E-state index in [1.807, 2.05) is 24.4 Å². The molecule has 2 aromatic heterocycles. The molecule has 1 aromatic carbocycles. The van der Waals surface area contributed by atoms with Crippen LogP contribution in [-0.2, 0) is 4.79 Å². The summed E-state index contributed by atoms with van der Waals surface area (Å²) in [5.74, 6) is 0.338. The monoisotopic (exact) mass is 373 g/mol. The summed E-state index contributed by atoms with van der Waals surface area (Å²) >= 11 is 3.39. The second kappa shape index (κ2) is 5.45. The van der Waals surface area contributed by atoms with Crippen molar-refractivity contribution in [2.75, 3.05) is 5.32 Å². The maximum atomic E-state index is 13.0.